The smallest absolute Gasteiger partial charge is 0.224 e. The molecule has 1 aromatic carbocycles. The van der Waals surface area contributed by atoms with Crippen LogP contribution >= 0.6 is 0 Å². The highest BCUT2D eigenvalue weighted by atomic mass is 19.1. The van der Waals surface area contributed by atoms with Crippen LogP contribution in [0, 0.1) is 17.7 Å². The lowest BCUT2D eigenvalue weighted by Crippen LogP contribution is -2.35. The summed E-state index contributed by atoms with van der Waals surface area (Å²) in [5.41, 5.74) is 0.649. The molecular weight excluding hydrogens is 231 g/mol. The third kappa shape index (κ3) is 3.07. The van der Waals surface area contributed by atoms with Crippen molar-refractivity contribution in [2.24, 2.45) is 11.8 Å². The first-order valence-electron chi connectivity index (χ1n) is 6.40. The zero-order valence-corrected chi connectivity index (χ0v) is 10.6. The Hall–Kier alpha value is -1.42. The van der Waals surface area contributed by atoms with Crippen LogP contribution in [0.3, 0.4) is 0 Å². The zero-order valence-electron chi connectivity index (χ0n) is 10.6. The SMILES string of the molecule is CC1CNCC1C(=O)NCCc1ccccc1F. The molecule has 98 valence electrons. The Kier molecular flexibility index (Phi) is 4.31. The molecule has 4 heteroatoms. The predicted molar refractivity (Wildman–Crippen MR) is 68.6 cm³/mol. The van der Waals surface area contributed by atoms with Crippen LogP contribution in [0.4, 0.5) is 4.39 Å². The summed E-state index contributed by atoms with van der Waals surface area (Å²) in [5.74, 6) is 0.288. The van der Waals surface area contributed by atoms with Gasteiger partial charge in [-0.2, -0.15) is 0 Å². The van der Waals surface area contributed by atoms with Gasteiger partial charge in [-0.1, -0.05) is 25.1 Å². The summed E-state index contributed by atoms with van der Waals surface area (Å²) in [4.78, 5) is 11.9. The van der Waals surface area contributed by atoms with E-state index in [0.717, 1.165) is 13.1 Å². The summed E-state index contributed by atoms with van der Waals surface area (Å²) in [6.45, 7) is 4.20. The summed E-state index contributed by atoms with van der Waals surface area (Å²) in [7, 11) is 0. The summed E-state index contributed by atoms with van der Waals surface area (Å²) < 4.78 is 13.4. The van der Waals surface area contributed by atoms with Crippen molar-refractivity contribution >= 4 is 5.91 Å². The van der Waals surface area contributed by atoms with Gasteiger partial charge in [-0.15, -0.1) is 0 Å². The molecule has 2 rings (SSSR count). The van der Waals surface area contributed by atoms with E-state index in [4.69, 9.17) is 0 Å². The lowest BCUT2D eigenvalue weighted by molar-refractivity contribution is -0.125. The molecule has 1 aliphatic rings. The van der Waals surface area contributed by atoms with E-state index in [1.807, 2.05) is 6.07 Å². The third-order valence-corrected chi connectivity index (χ3v) is 3.51. The minimum absolute atomic E-state index is 0.0469. The van der Waals surface area contributed by atoms with Crippen LogP contribution in [-0.2, 0) is 11.2 Å². The van der Waals surface area contributed by atoms with E-state index >= 15 is 0 Å². The first kappa shape index (κ1) is 13.0. The molecule has 0 radical (unpaired) electrons. The Morgan fingerprint density at radius 1 is 1.44 bits per heavy atom. The van der Waals surface area contributed by atoms with Gasteiger partial charge in [-0.25, -0.2) is 4.39 Å². The maximum Gasteiger partial charge on any atom is 0.224 e. The number of carbonyl (C=O) groups is 1. The van der Waals surface area contributed by atoms with E-state index in [1.54, 1.807) is 12.1 Å². The highest BCUT2D eigenvalue weighted by Crippen LogP contribution is 2.15. The van der Waals surface area contributed by atoms with Crippen LogP contribution in [0.2, 0.25) is 0 Å². The first-order chi connectivity index (χ1) is 8.68. The molecule has 2 N–H and O–H groups in total. The number of benzene rings is 1. The van der Waals surface area contributed by atoms with Gasteiger partial charge in [0.2, 0.25) is 5.91 Å². The zero-order chi connectivity index (χ0) is 13.0. The summed E-state index contributed by atoms with van der Waals surface area (Å²) in [5, 5.41) is 6.08. The number of amides is 1. The summed E-state index contributed by atoms with van der Waals surface area (Å²) in [6, 6.07) is 6.67. The molecule has 1 heterocycles. The molecule has 0 spiro atoms. The number of hydrogen-bond acceptors (Lipinski definition) is 2. The summed E-state index contributed by atoms with van der Waals surface area (Å²) in [6.07, 6.45) is 0.535. The highest BCUT2D eigenvalue weighted by Gasteiger charge is 2.28. The van der Waals surface area contributed by atoms with Crippen molar-refractivity contribution in [2.75, 3.05) is 19.6 Å². The molecule has 2 atom stereocenters. The standard InChI is InChI=1S/C14H19FN2O/c1-10-8-16-9-12(10)14(18)17-7-6-11-4-2-3-5-13(11)15/h2-5,10,12,16H,6-9H2,1H3,(H,17,18). The van der Waals surface area contributed by atoms with Crippen LogP contribution in [0.5, 0.6) is 0 Å². The van der Waals surface area contributed by atoms with Crippen LogP contribution < -0.4 is 10.6 Å². The van der Waals surface area contributed by atoms with Crippen molar-refractivity contribution < 1.29 is 9.18 Å². The lowest BCUT2D eigenvalue weighted by Gasteiger charge is -2.14. The van der Waals surface area contributed by atoms with Crippen LogP contribution in [0.15, 0.2) is 24.3 Å². The van der Waals surface area contributed by atoms with Crippen LogP contribution in [0.25, 0.3) is 0 Å². The van der Waals surface area contributed by atoms with Gasteiger partial charge in [0.1, 0.15) is 5.82 Å². The van der Waals surface area contributed by atoms with Gasteiger partial charge in [0.05, 0.1) is 5.92 Å². The fourth-order valence-electron chi connectivity index (χ4n) is 2.31. The molecule has 18 heavy (non-hydrogen) atoms. The van der Waals surface area contributed by atoms with Gasteiger partial charge in [-0.05, 0) is 30.5 Å². The molecule has 1 saturated heterocycles. The second-order valence-electron chi connectivity index (χ2n) is 4.87. The molecule has 0 aliphatic carbocycles. The molecule has 2 unspecified atom stereocenters. The second-order valence-corrected chi connectivity index (χ2v) is 4.87. The van der Waals surface area contributed by atoms with E-state index in [2.05, 4.69) is 17.6 Å². The lowest BCUT2D eigenvalue weighted by atomic mass is 9.97. The van der Waals surface area contributed by atoms with E-state index in [-0.39, 0.29) is 17.6 Å². The molecule has 0 aromatic heterocycles. The molecule has 1 amide bonds. The largest absolute Gasteiger partial charge is 0.355 e. The van der Waals surface area contributed by atoms with E-state index in [9.17, 15) is 9.18 Å². The van der Waals surface area contributed by atoms with Gasteiger partial charge in [-0.3, -0.25) is 4.79 Å². The van der Waals surface area contributed by atoms with Gasteiger partial charge in [0, 0.05) is 13.1 Å². The maximum absolute atomic E-state index is 13.4. The predicted octanol–water partition coefficient (Wildman–Crippen LogP) is 1.34. The van der Waals surface area contributed by atoms with E-state index < -0.39 is 0 Å². The van der Waals surface area contributed by atoms with Crippen molar-refractivity contribution in [3.63, 3.8) is 0 Å². The van der Waals surface area contributed by atoms with Gasteiger partial charge in [0.15, 0.2) is 0 Å². The van der Waals surface area contributed by atoms with E-state index in [1.165, 1.54) is 6.07 Å². The molecule has 1 aromatic rings. The quantitative estimate of drug-likeness (QED) is 0.846. The monoisotopic (exact) mass is 250 g/mol. The Labute approximate surface area is 107 Å². The molecule has 0 saturated carbocycles. The van der Waals surface area contributed by atoms with Crippen molar-refractivity contribution in [1.82, 2.24) is 10.6 Å². The Morgan fingerprint density at radius 2 is 2.22 bits per heavy atom. The first-order valence-corrected chi connectivity index (χ1v) is 6.40. The Bertz CT molecular complexity index is 422. The van der Waals surface area contributed by atoms with Crippen molar-refractivity contribution in [3.8, 4) is 0 Å². The van der Waals surface area contributed by atoms with Gasteiger partial charge >= 0.3 is 0 Å². The van der Waals surface area contributed by atoms with Crippen molar-refractivity contribution in [1.29, 1.82) is 0 Å². The number of nitrogens with one attached hydrogen (secondary N) is 2. The summed E-state index contributed by atoms with van der Waals surface area (Å²) >= 11 is 0. The van der Waals surface area contributed by atoms with E-state index in [0.29, 0.717) is 24.4 Å². The minimum Gasteiger partial charge on any atom is -0.355 e. The van der Waals surface area contributed by atoms with Crippen LogP contribution in [0.1, 0.15) is 12.5 Å². The number of halogens is 1. The Balaban J connectivity index is 1.79. The topological polar surface area (TPSA) is 41.1 Å². The minimum atomic E-state index is -0.206. The second kappa shape index (κ2) is 5.96. The fraction of sp³-hybridized carbons (Fsp3) is 0.500. The van der Waals surface area contributed by atoms with Crippen LogP contribution in [-0.4, -0.2) is 25.5 Å². The molecule has 3 nitrogen and oxygen atoms in total. The highest BCUT2D eigenvalue weighted by molar-refractivity contribution is 5.79. The molecular formula is C14H19FN2O. The van der Waals surface area contributed by atoms with Crippen molar-refractivity contribution in [2.45, 2.75) is 13.3 Å². The Morgan fingerprint density at radius 3 is 2.89 bits per heavy atom. The number of rotatable bonds is 4. The number of hydrogen-bond donors (Lipinski definition) is 2. The number of carbonyl (C=O) groups excluding carboxylic acids is 1. The normalized spacial score (nSPS) is 23.0. The van der Waals surface area contributed by atoms with Crippen molar-refractivity contribution in [3.05, 3.63) is 35.6 Å². The average Bonchev–Trinajstić information content (AvgIpc) is 2.78. The maximum atomic E-state index is 13.4. The fourth-order valence-corrected chi connectivity index (χ4v) is 2.31. The molecule has 0 bridgehead atoms. The third-order valence-electron chi connectivity index (χ3n) is 3.51. The van der Waals surface area contributed by atoms with Gasteiger partial charge in [0.25, 0.3) is 0 Å². The molecule has 1 aliphatic heterocycles. The van der Waals surface area contributed by atoms with Gasteiger partial charge < -0.3 is 10.6 Å². The average molecular weight is 250 g/mol. The molecule has 1 fully saturated rings.